The molecule has 0 aromatic carbocycles. The van der Waals surface area contributed by atoms with E-state index in [1.807, 2.05) is 0 Å². The normalized spacial score (nSPS) is 18.8. The maximum absolute atomic E-state index is 10.9. The highest BCUT2D eigenvalue weighted by molar-refractivity contribution is 7.11. The van der Waals surface area contributed by atoms with Crippen molar-refractivity contribution in [3.63, 3.8) is 0 Å². The van der Waals surface area contributed by atoms with Gasteiger partial charge in [0.2, 0.25) is 0 Å². The Morgan fingerprint density at radius 2 is 2.19 bits per heavy atom. The number of carboxylic acids is 1. The van der Waals surface area contributed by atoms with Gasteiger partial charge < -0.3 is 10.0 Å². The summed E-state index contributed by atoms with van der Waals surface area (Å²) in [5.74, 6) is -0.869. The summed E-state index contributed by atoms with van der Waals surface area (Å²) >= 11 is 1.20. The molecule has 2 heterocycles. The van der Waals surface area contributed by atoms with Gasteiger partial charge in [0.25, 0.3) is 0 Å². The molecule has 6 heteroatoms. The van der Waals surface area contributed by atoms with Gasteiger partial charge in [-0.2, -0.15) is 0 Å². The number of hydrogen-bond donors (Lipinski definition) is 1. The summed E-state index contributed by atoms with van der Waals surface area (Å²) in [5, 5.41) is 8.97. The van der Waals surface area contributed by atoms with Crippen LogP contribution in [0, 0.1) is 0 Å². The summed E-state index contributed by atoms with van der Waals surface area (Å²) in [4.78, 5) is 20.0. The Bertz CT molecular complexity index is 372. The van der Waals surface area contributed by atoms with Gasteiger partial charge in [-0.3, -0.25) is 4.90 Å². The van der Waals surface area contributed by atoms with Crippen molar-refractivity contribution >= 4 is 17.3 Å². The third kappa shape index (κ3) is 2.58. The lowest BCUT2D eigenvalue weighted by Gasteiger charge is -2.31. The van der Waals surface area contributed by atoms with Crippen LogP contribution in [0.3, 0.4) is 0 Å². The number of piperazine rings is 1. The highest BCUT2D eigenvalue weighted by Gasteiger charge is 2.19. The maximum Gasteiger partial charge on any atom is 0.347 e. The Labute approximate surface area is 98.3 Å². The molecular weight excluding hydrogens is 226 g/mol. The van der Waals surface area contributed by atoms with Crippen molar-refractivity contribution in [2.75, 3.05) is 33.2 Å². The van der Waals surface area contributed by atoms with Crippen LogP contribution >= 0.6 is 11.3 Å². The number of carbonyl (C=O) groups is 1. The fourth-order valence-corrected chi connectivity index (χ4v) is 2.41. The zero-order valence-corrected chi connectivity index (χ0v) is 10.0. The first kappa shape index (κ1) is 11.5. The van der Waals surface area contributed by atoms with Crippen LogP contribution in [0.5, 0.6) is 0 Å². The number of aromatic nitrogens is 1. The second-order valence-corrected chi connectivity index (χ2v) is 4.87. The first-order chi connectivity index (χ1) is 7.66. The zero-order chi connectivity index (χ0) is 11.5. The predicted molar refractivity (Wildman–Crippen MR) is 61.8 cm³/mol. The minimum Gasteiger partial charge on any atom is -0.477 e. The summed E-state index contributed by atoms with van der Waals surface area (Å²) in [5.41, 5.74) is 2.30. The molecule has 0 radical (unpaired) electrons. The van der Waals surface area contributed by atoms with Gasteiger partial charge in [-0.1, -0.05) is 0 Å². The highest BCUT2D eigenvalue weighted by atomic mass is 32.1. The van der Waals surface area contributed by atoms with E-state index in [-0.39, 0.29) is 0 Å². The van der Waals surface area contributed by atoms with Gasteiger partial charge in [-0.25, -0.2) is 9.78 Å². The number of carboxylic acid groups (broad SMARTS) is 1. The van der Waals surface area contributed by atoms with Gasteiger partial charge in [0, 0.05) is 32.7 Å². The van der Waals surface area contributed by atoms with Gasteiger partial charge in [0.1, 0.15) is 4.88 Å². The van der Waals surface area contributed by atoms with E-state index in [1.54, 1.807) is 5.51 Å². The Morgan fingerprint density at radius 1 is 1.50 bits per heavy atom. The first-order valence-electron chi connectivity index (χ1n) is 5.23. The molecule has 1 fully saturated rings. The Balaban J connectivity index is 1.98. The summed E-state index contributed by atoms with van der Waals surface area (Å²) < 4.78 is 0. The van der Waals surface area contributed by atoms with Gasteiger partial charge in [0.15, 0.2) is 0 Å². The molecule has 0 spiro atoms. The number of aromatic carboxylic acids is 1. The highest BCUT2D eigenvalue weighted by Crippen LogP contribution is 2.16. The fraction of sp³-hybridized carbons (Fsp3) is 0.600. The van der Waals surface area contributed by atoms with Gasteiger partial charge >= 0.3 is 5.97 Å². The number of nitrogens with zero attached hydrogens (tertiary/aromatic N) is 3. The summed E-state index contributed by atoms with van der Waals surface area (Å²) in [7, 11) is 2.10. The van der Waals surface area contributed by atoms with Gasteiger partial charge in [-0.05, 0) is 7.05 Å². The molecular formula is C10H15N3O2S. The molecule has 1 aromatic heterocycles. The molecule has 5 nitrogen and oxygen atoms in total. The van der Waals surface area contributed by atoms with Crippen molar-refractivity contribution in [1.29, 1.82) is 0 Å². The maximum atomic E-state index is 10.9. The molecule has 0 amide bonds. The predicted octanol–water partition coefficient (Wildman–Crippen LogP) is 0.589. The second-order valence-electron chi connectivity index (χ2n) is 4.01. The lowest BCUT2D eigenvalue weighted by atomic mass is 10.3. The number of thiazole rings is 1. The van der Waals surface area contributed by atoms with Gasteiger partial charge in [0.05, 0.1) is 11.2 Å². The average molecular weight is 241 g/mol. The first-order valence-corrected chi connectivity index (χ1v) is 6.11. The van der Waals surface area contributed by atoms with Gasteiger partial charge in [-0.15, -0.1) is 11.3 Å². The number of likely N-dealkylation sites (N-methyl/N-ethyl adjacent to an activating group) is 1. The van der Waals surface area contributed by atoms with E-state index >= 15 is 0 Å². The second kappa shape index (κ2) is 4.90. The standard InChI is InChI=1S/C10H15N3O2S/c1-12-2-4-13(5-3-12)6-8-9(10(14)15)16-7-11-8/h7H,2-6H2,1H3,(H,14,15). The molecule has 1 aromatic rings. The van der Waals surface area contributed by atoms with E-state index in [0.717, 1.165) is 26.2 Å². The monoisotopic (exact) mass is 241 g/mol. The molecule has 1 saturated heterocycles. The third-order valence-corrected chi connectivity index (χ3v) is 3.66. The minimum absolute atomic E-state index is 0.374. The lowest BCUT2D eigenvalue weighted by molar-refractivity contribution is 0.0698. The van der Waals surface area contributed by atoms with E-state index in [1.165, 1.54) is 11.3 Å². The van der Waals surface area contributed by atoms with Crippen molar-refractivity contribution in [2.45, 2.75) is 6.54 Å². The van der Waals surface area contributed by atoms with Crippen molar-refractivity contribution in [3.05, 3.63) is 16.1 Å². The van der Waals surface area contributed by atoms with E-state index in [2.05, 4.69) is 21.8 Å². The molecule has 16 heavy (non-hydrogen) atoms. The summed E-state index contributed by atoms with van der Waals surface area (Å²) in [6, 6.07) is 0. The molecule has 88 valence electrons. The lowest BCUT2D eigenvalue weighted by Crippen LogP contribution is -2.44. The largest absolute Gasteiger partial charge is 0.477 e. The molecule has 0 atom stereocenters. The van der Waals surface area contributed by atoms with Crippen molar-refractivity contribution in [1.82, 2.24) is 14.8 Å². The quantitative estimate of drug-likeness (QED) is 0.839. The fourth-order valence-electron chi connectivity index (χ4n) is 1.77. The summed E-state index contributed by atoms with van der Waals surface area (Å²) in [6.07, 6.45) is 0. The number of hydrogen-bond acceptors (Lipinski definition) is 5. The van der Waals surface area contributed by atoms with E-state index in [0.29, 0.717) is 17.1 Å². The van der Waals surface area contributed by atoms with E-state index < -0.39 is 5.97 Å². The van der Waals surface area contributed by atoms with Crippen molar-refractivity contribution in [3.8, 4) is 0 Å². The topological polar surface area (TPSA) is 56.7 Å². The number of rotatable bonds is 3. The van der Waals surface area contributed by atoms with Crippen LogP contribution in [0.25, 0.3) is 0 Å². The van der Waals surface area contributed by atoms with E-state index in [4.69, 9.17) is 5.11 Å². The Kier molecular flexibility index (Phi) is 3.52. The zero-order valence-electron chi connectivity index (χ0n) is 9.22. The van der Waals surface area contributed by atoms with Crippen molar-refractivity contribution in [2.24, 2.45) is 0 Å². The van der Waals surface area contributed by atoms with Crippen LogP contribution in [0.1, 0.15) is 15.4 Å². The van der Waals surface area contributed by atoms with Crippen LogP contribution in [0.15, 0.2) is 5.51 Å². The summed E-state index contributed by atoms with van der Waals surface area (Å²) in [6.45, 7) is 4.68. The van der Waals surface area contributed by atoms with Crippen LogP contribution in [0.4, 0.5) is 0 Å². The Morgan fingerprint density at radius 3 is 2.81 bits per heavy atom. The van der Waals surface area contributed by atoms with Crippen molar-refractivity contribution < 1.29 is 9.90 Å². The van der Waals surface area contributed by atoms with Crippen LogP contribution < -0.4 is 0 Å². The Hall–Kier alpha value is -0.980. The van der Waals surface area contributed by atoms with Crippen LogP contribution in [-0.2, 0) is 6.54 Å². The molecule has 1 N–H and O–H groups in total. The van der Waals surface area contributed by atoms with Crippen LogP contribution in [-0.4, -0.2) is 59.1 Å². The molecule has 2 rings (SSSR count). The third-order valence-electron chi connectivity index (χ3n) is 2.80. The molecule has 0 bridgehead atoms. The molecule has 0 aliphatic carbocycles. The molecule has 0 saturated carbocycles. The average Bonchev–Trinajstić information content (AvgIpc) is 2.69. The molecule has 1 aliphatic rings. The molecule has 1 aliphatic heterocycles. The van der Waals surface area contributed by atoms with E-state index in [9.17, 15) is 4.79 Å². The minimum atomic E-state index is -0.869. The van der Waals surface area contributed by atoms with Crippen LogP contribution in [0.2, 0.25) is 0 Å². The SMILES string of the molecule is CN1CCN(Cc2ncsc2C(=O)O)CC1. The molecule has 0 unspecified atom stereocenters. The smallest absolute Gasteiger partial charge is 0.347 e.